The summed E-state index contributed by atoms with van der Waals surface area (Å²) in [5.41, 5.74) is 1.06. The fourth-order valence-electron chi connectivity index (χ4n) is 2.79. The highest BCUT2D eigenvalue weighted by Gasteiger charge is 2.17. The highest BCUT2D eigenvalue weighted by molar-refractivity contribution is 5.46. The number of methoxy groups -OCH3 is 2. The molecule has 1 atom stereocenters. The van der Waals surface area contributed by atoms with Gasteiger partial charge in [0.25, 0.3) is 0 Å². The quantitative estimate of drug-likeness (QED) is 0.577. The Balaban J connectivity index is 2.77. The molecule has 0 aliphatic heterocycles. The van der Waals surface area contributed by atoms with Crippen LogP contribution < -0.4 is 9.47 Å². The molecule has 1 aromatic carbocycles. The van der Waals surface area contributed by atoms with E-state index in [1.165, 1.54) is 0 Å². The Hall–Kier alpha value is -1.30. The Morgan fingerprint density at radius 1 is 1.00 bits per heavy atom. The monoisotopic (exact) mass is 367 g/mol. The van der Waals surface area contributed by atoms with E-state index in [1.54, 1.807) is 14.2 Å². The van der Waals surface area contributed by atoms with Crippen LogP contribution in [0.15, 0.2) is 18.2 Å². The number of ether oxygens (including phenoxy) is 3. The zero-order valence-corrected chi connectivity index (χ0v) is 17.3. The van der Waals surface area contributed by atoms with E-state index in [9.17, 15) is 5.11 Å². The lowest BCUT2D eigenvalue weighted by atomic mass is 10.1. The van der Waals surface area contributed by atoms with Crippen LogP contribution in [0.1, 0.15) is 39.7 Å². The third kappa shape index (κ3) is 8.39. The maximum Gasteiger partial charge on any atom is 0.165 e. The van der Waals surface area contributed by atoms with Gasteiger partial charge in [-0.1, -0.05) is 39.8 Å². The number of hydrogen-bond acceptors (Lipinski definition) is 5. The maximum atomic E-state index is 10.4. The van der Waals surface area contributed by atoms with Crippen molar-refractivity contribution in [2.24, 2.45) is 11.8 Å². The topological polar surface area (TPSA) is 51.2 Å². The van der Waals surface area contributed by atoms with Gasteiger partial charge >= 0.3 is 0 Å². The molecule has 0 radical (unpaired) electrons. The van der Waals surface area contributed by atoms with Gasteiger partial charge in [-0.05, 0) is 30.9 Å². The van der Waals surface area contributed by atoms with E-state index in [2.05, 4.69) is 32.6 Å². The molecule has 5 nitrogen and oxygen atoms in total. The molecule has 0 saturated heterocycles. The van der Waals surface area contributed by atoms with Crippen molar-refractivity contribution in [2.75, 3.05) is 40.5 Å². The highest BCUT2D eigenvalue weighted by atomic mass is 16.5. The van der Waals surface area contributed by atoms with Crippen molar-refractivity contribution in [3.63, 3.8) is 0 Å². The molecular weight excluding hydrogens is 330 g/mol. The Labute approximate surface area is 159 Å². The van der Waals surface area contributed by atoms with Crippen molar-refractivity contribution in [1.82, 2.24) is 4.90 Å². The van der Waals surface area contributed by atoms with Crippen molar-refractivity contribution in [1.29, 1.82) is 0 Å². The summed E-state index contributed by atoms with van der Waals surface area (Å²) in [4.78, 5) is 2.26. The maximum absolute atomic E-state index is 10.4. The summed E-state index contributed by atoms with van der Waals surface area (Å²) in [5, 5.41) is 10.4. The first kappa shape index (κ1) is 22.7. The average molecular weight is 368 g/mol. The molecular formula is C21H37NO4. The van der Waals surface area contributed by atoms with Gasteiger partial charge in [-0.15, -0.1) is 0 Å². The van der Waals surface area contributed by atoms with Gasteiger partial charge in [0.2, 0.25) is 0 Å². The third-order valence-corrected chi connectivity index (χ3v) is 4.13. The lowest BCUT2D eigenvalue weighted by molar-refractivity contribution is 0.00618. The molecule has 0 amide bonds. The van der Waals surface area contributed by atoms with Gasteiger partial charge < -0.3 is 19.3 Å². The van der Waals surface area contributed by atoms with Crippen molar-refractivity contribution in [3.05, 3.63) is 23.8 Å². The molecule has 0 aromatic heterocycles. The molecule has 5 heteroatoms. The van der Waals surface area contributed by atoms with E-state index in [1.807, 2.05) is 18.2 Å². The highest BCUT2D eigenvalue weighted by Crippen LogP contribution is 2.31. The average Bonchev–Trinajstić information content (AvgIpc) is 2.58. The molecule has 0 fully saturated rings. The zero-order chi connectivity index (χ0) is 19.5. The summed E-state index contributed by atoms with van der Waals surface area (Å²) in [7, 11) is 3.31. The van der Waals surface area contributed by atoms with Crippen LogP contribution in [-0.4, -0.2) is 56.6 Å². The number of nitrogens with zero attached hydrogens (tertiary/aromatic N) is 1. The molecule has 1 unspecified atom stereocenters. The molecule has 0 saturated carbocycles. The summed E-state index contributed by atoms with van der Waals surface area (Å²) in [5.74, 6) is 2.57. The van der Waals surface area contributed by atoms with Gasteiger partial charge in [0.15, 0.2) is 11.5 Å². The molecule has 0 aliphatic carbocycles. The standard InChI is InChI=1S/C21H37NO4/c1-16(2)10-11-22(13-19(23)15-26-14-17(3)4)12-18-8-7-9-20(24-5)21(18)25-6/h7-9,16-17,19,23H,10-15H2,1-6H3. The van der Waals surface area contributed by atoms with Gasteiger partial charge in [-0.25, -0.2) is 0 Å². The first-order chi connectivity index (χ1) is 12.4. The second-order valence-electron chi connectivity index (χ2n) is 7.66. The predicted molar refractivity (Wildman–Crippen MR) is 106 cm³/mol. The molecule has 0 bridgehead atoms. The first-order valence-corrected chi connectivity index (χ1v) is 9.55. The van der Waals surface area contributed by atoms with Crippen molar-refractivity contribution < 1.29 is 19.3 Å². The molecule has 1 aromatic rings. The van der Waals surface area contributed by atoms with Gasteiger partial charge in [0.1, 0.15) is 0 Å². The number of hydrogen-bond donors (Lipinski definition) is 1. The van der Waals surface area contributed by atoms with Gasteiger partial charge in [-0.2, -0.15) is 0 Å². The lowest BCUT2D eigenvalue weighted by Gasteiger charge is -2.27. The van der Waals surface area contributed by atoms with Gasteiger partial charge in [0, 0.05) is 25.3 Å². The Morgan fingerprint density at radius 2 is 1.73 bits per heavy atom. The summed E-state index contributed by atoms with van der Waals surface area (Å²) >= 11 is 0. The second kappa shape index (κ2) is 12.2. The number of benzene rings is 1. The Morgan fingerprint density at radius 3 is 2.31 bits per heavy atom. The predicted octanol–water partition coefficient (Wildman–Crippen LogP) is 3.59. The summed E-state index contributed by atoms with van der Waals surface area (Å²) in [6.07, 6.45) is 0.573. The number of rotatable bonds is 13. The van der Waals surface area contributed by atoms with Gasteiger partial charge in [-0.3, -0.25) is 4.90 Å². The molecule has 26 heavy (non-hydrogen) atoms. The van der Waals surface area contributed by atoms with E-state index in [0.29, 0.717) is 38.1 Å². The van der Waals surface area contributed by atoms with Gasteiger partial charge in [0.05, 0.1) is 26.9 Å². The third-order valence-electron chi connectivity index (χ3n) is 4.13. The largest absolute Gasteiger partial charge is 0.493 e. The van der Waals surface area contributed by atoms with Crippen LogP contribution in [0.25, 0.3) is 0 Å². The lowest BCUT2D eigenvalue weighted by Crippen LogP contribution is -2.36. The zero-order valence-electron chi connectivity index (χ0n) is 17.3. The minimum absolute atomic E-state index is 0.367. The van der Waals surface area contributed by atoms with Crippen molar-refractivity contribution >= 4 is 0 Å². The van der Waals surface area contributed by atoms with Crippen LogP contribution in [0.2, 0.25) is 0 Å². The van der Waals surface area contributed by atoms with E-state index in [0.717, 1.165) is 30.0 Å². The number of para-hydroxylation sites is 1. The van der Waals surface area contributed by atoms with E-state index < -0.39 is 6.10 Å². The van der Waals surface area contributed by atoms with E-state index in [-0.39, 0.29) is 0 Å². The second-order valence-corrected chi connectivity index (χ2v) is 7.66. The van der Waals surface area contributed by atoms with Crippen molar-refractivity contribution in [2.45, 2.75) is 46.8 Å². The fourth-order valence-corrected chi connectivity index (χ4v) is 2.79. The minimum Gasteiger partial charge on any atom is -0.493 e. The van der Waals surface area contributed by atoms with Crippen LogP contribution in [0.4, 0.5) is 0 Å². The van der Waals surface area contributed by atoms with Crippen molar-refractivity contribution in [3.8, 4) is 11.5 Å². The normalized spacial score (nSPS) is 12.8. The Bertz CT molecular complexity index is 505. The molecule has 1 N–H and O–H groups in total. The van der Waals surface area contributed by atoms with Crippen LogP contribution in [0.3, 0.4) is 0 Å². The van der Waals surface area contributed by atoms with E-state index in [4.69, 9.17) is 14.2 Å². The molecule has 150 valence electrons. The van der Waals surface area contributed by atoms with Crippen LogP contribution >= 0.6 is 0 Å². The molecule has 1 rings (SSSR count). The summed E-state index contributed by atoms with van der Waals surface area (Å²) in [6.45, 7) is 11.9. The van der Waals surface area contributed by atoms with Crippen LogP contribution in [0.5, 0.6) is 11.5 Å². The van der Waals surface area contributed by atoms with Crippen LogP contribution in [0, 0.1) is 11.8 Å². The number of aliphatic hydroxyl groups excluding tert-OH is 1. The summed E-state index contributed by atoms with van der Waals surface area (Å²) in [6, 6.07) is 5.92. The molecule has 0 aliphatic rings. The van der Waals surface area contributed by atoms with Crippen LogP contribution in [-0.2, 0) is 11.3 Å². The Kier molecular flexibility index (Phi) is 10.6. The SMILES string of the molecule is COc1cccc(CN(CCC(C)C)CC(O)COCC(C)C)c1OC. The smallest absolute Gasteiger partial charge is 0.165 e. The first-order valence-electron chi connectivity index (χ1n) is 9.55. The minimum atomic E-state index is -0.502. The van der Waals surface area contributed by atoms with E-state index >= 15 is 0 Å². The molecule has 0 heterocycles. The summed E-state index contributed by atoms with van der Waals surface area (Å²) < 4.78 is 16.5. The fraction of sp³-hybridized carbons (Fsp3) is 0.714. The molecule has 0 spiro atoms. The number of aliphatic hydroxyl groups is 1.